The highest BCUT2D eigenvalue weighted by atomic mass is 19.4. The summed E-state index contributed by atoms with van der Waals surface area (Å²) in [6.07, 6.45) is -4.51. The van der Waals surface area contributed by atoms with Gasteiger partial charge in [-0.15, -0.1) is 0 Å². The van der Waals surface area contributed by atoms with Crippen LogP contribution >= 0.6 is 0 Å². The molecule has 0 amide bonds. The van der Waals surface area contributed by atoms with Gasteiger partial charge in [-0.25, -0.2) is 4.39 Å². The lowest BCUT2D eigenvalue weighted by molar-refractivity contribution is -0.138. The van der Waals surface area contributed by atoms with E-state index < -0.39 is 28.9 Å². The molecule has 0 spiro atoms. The van der Waals surface area contributed by atoms with E-state index in [0.29, 0.717) is 0 Å². The van der Waals surface area contributed by atoms with Gasteiger partial charge < -0.3 is 5.11 Å². The van der Waals surface area contributed by atoms with E-state index in [1.807, 2.05) is 0 Å². The fourth-order valence-corrected chi connectivity index (χ4v) is 1.52. The van der Waals surface area contributed by atoms with Crippen molar-refractivity contribution < 1.29 is 22.7 Å². The van der Waals surface area contributed by atoms with Crippen molar-refractivity contribution in [3.05, 3.63) is 28.6 Å². The molecule has 1 N–H and O–H groups in total. The molecule has 1 rings (SSSR count). The largest absolute Gasteiger partial charge is 0.505 e. The van der Waals surface area contributed by atoms with Gasteiger partial charge in [0.1, 0.15) is 0 Å². The van der Waals surface area contributed by atoms with Crippen LogP contribution in [0, 0.1) is 12.7 Å². The number of rotatable bonds is 1. The minimum atomic E-state index is -4.59. The number of hydrogen-bond acceptors (Lipinski definition) is 1. The molecule has 0 atom stereocenters. The SMILES string of the molecule is CCc1cc(O)c(F)c(C)c1C(F)(F)F. The molecule has 0 aliphatic carbocycles. The van der Waals surface area contributed by atoms with Crippen molar-refractivity contribution in [2.75, 3.05) is 0 Å². The Bertz CT molecular complexity index is 382. The Morgan fingerprint density at radius 1 is 1.33 bits per heavy atom. The molecule has 5 heteroatoms. The molecule has 0 radical (unpaired) electrons. The van der Waals surface area contributed by atoms with Crippen LogP contribution < -0.4 is 0 Å². The van der Waals surface area contributed by atoms with Crippen molar-refractivity contribution in [2.24, 2.45) is 0 Å². The topological polar surface area (TPSA) is 20.2 Å². The van der Waals surface area contributed by atoms with Gasteiger partial charge in [0.05, 0.1) is 5.56 Å². The molecule has 0 aliphatic heterocycles. The van der Waals surface area contributed by atoms with Crippen LogP contribution in [0.1, 0.15) is 23.6 Å². The van der Waals surface area contributed by atoms with Gasteiger partial charge in [-0.3, -0.25) is 0 Å². The number of benzene rings is 1. The predicted octanol–water partition coefficient (Wildman–Crippen LogP) is 3.42. The molecule has 0 heterocycles. The first-order chi connectivity index (χ1) is 6.79. The highest BCUT2D eigenvalue weighted by Crippen LogP contribution is 2.38. The molecular weight excluding hydrogens is 212 g/mol. The van der Waals surface area contributed by atoms with Crippen LogP contribution in [0.25, 0.3) is 0 Å². The monoisotopic (exact) mass is 222 g/mol. The lowest BCUT2D eigenvalue weighted by Gasteiger charge is -2.16. The third-order valence-corrected chi connectivity index (χ3v) is 2.23. The Morgan fingerprint density at radius 2 is 1.87 bits per heavy atom. The second-order valence-corrected chi connectivity index (χ2v) is 3.22. The van der Waals surface area contributed by atoms with Gasteiger partial charge >= 0.3 is 6.18 Å². The Labute approximate surface area is 84.3 Å². The Hall–Kier alpha value is -1.26. The zero-order chi connectivity index (χ0) is 11.8. The molecule has 0 fully saturated rings. The maximum absolute atomic E-state index is 13.1. The fourth-order valence-electron chi connectivity index (χ4n) is 1.52. The maximum atomic E-state index is 13.1. The summed E-state index contributed by atoms with van der Waals surface area (Å²) in [4.78, 5) is 0. The van der Waals surface area contributed by atoms with Crippen LogP contribution in [0.5, 0.6) is 5.75 Å². The normalized spacial score (nSPS) is 11.9. The van der Waals surface area contributed by atoms with Crippen LogP contribution in [0.2, 0.25) is 0 Å². The Balaban J connectivity index is 3.55. The number of alkyl halides is 3. The van der Waals surface area contributed by atoms with Crippen LogP contribution in [0.3, 0.4) is 0 Å². The smallest absolute Gasteiger partial charge is 0.417 e. The molecule has 15 heavy (non-hydrogen) atoms. The van der Waals surface area contributed by atoms with Gasteiger partial charge in [0.25, 0.3) is 0 Å². The van der Waals surface area contributed by atoms with E-state index >= 15 is 0 Å². The van der Waals surface area contributed by atoms with Crippen LogP contribution in [-0.4, -0.2) is 5.11 Å². The summed E-state index contributed by atoms with van der Waals surface area (Å²) < 4.78 is 50.8. The number of phenols is 1. The standard InChI is InChI=1S/C10H10F4O/c1-3-6-4-7(15)9(11)5(2)8(6)10(12,13)14/h4,15H,3H2,1-2H3. The van der Waals surface area contributed by atoms with Gasteiger partial charge in [-0.1, -0.05) is 6.92 Å². The van der Waals surface area contributed by atoms with Crippen molar-refractivity contribution in [1.82, 2.24) is 0 Å². The minimum Gasteiger partial charge on any atom is -0.505 e. The first-order valence-electron chi connectivity index (χ1n) is 4.37. The van der Waals surface area contributed by atoms with E-state index in [2.05, 4.69) is 0 Å². The zero-order valence-electron chi connectivity index (χ0n) is 8.24. The van der Waals surface area contributed by atoms with Gasteiger partial charge in [-0.05, 0) is 25.0 Å². The quantitative estimate of drug-likeness (QED) is 0.722. The summed E-state index contributed by atoms with van der Waals surface area (Å²) in [6.45, 7) is 2.53. The molecule has 0 unspecified atom stereocenters. The molecule has 1 aromatic carbocycles. The summed E-state index contributed by atoms with van der Waals surface area (Å²) in [6, 6.07) is 0.825. The Morgan fingerprint density at radius 3 is 2.27 bits per heavy atom. The van der Waals surface area contributed by atoms with Crippen molar-refractivity contribution in [3.8, 4) is 5.75 Å². The number of halogens is 4. The van der Waals surface area contributed by atoms with Crippen LogP contribution in [-0.2, 0) is 12.6 Å². The molecule has 0 saturated heterocycles. The van der Waals surface area contributed by atoms with Gasteiger partial charge in [0, 0.05) is 5.56 Å². The van der Waals surface area contributed by atoms with Gasteiger partial charge in [0.2, 0.25) is 0 Å². The summed E-state index contributed by atoms with van der Waals surface area (Å²) >= 11 is 0. The lowest BCUT2D eigenvalue weighted by atomic mass is 9.98. The van der Waals surface area contributed by atoms with E-state index in [1.54, 1.807) is 0 Å². The fraction of sp³-hybridized carbons (Fsp3) is 0.400. The molecule has 0 aliphatic rings. The second kappa shape index (κ2) is 3.72. The zero-order valence-corrected chi connectivity index (χ0v) is 8.24. The van der Waals surface area contributed by atoms with E-state index in [4.69, 9.17) is 5.11 Å². The van der Waals surface area contributed by atoms with E-state index in [-0.39, 0.29) is 12.0 Å². The molecule has 84 valence electrons. The molecule has 1 aromatic rings. The molecule has 0 bridgehead atoms. The summed E-state index contributed by atoms with van der Waals surface area (Å²) in [7, 11) is 0. The second-order valence-electron chi connectivity index (χ2n) is 3.22. The maximum Gasteiger partial charge on any atom is 0.417 e. The van der Waals surface area contributed by atoms with Crippen LogP contribution in [0.4, 0.5) is 17.6 Å². The van der Waals surface area contributed by atoms with Crippen molar-refractivity contribution in [1.29, 1.82) is 0 Å². The third kappa shape index (κ3) is 2.06. The Kier molecular flexibility index (Phi) is 2.93. The third-order valence-electron chi connectivity index (χ3n) is 2.23. The summed E-state index contributed by atoms with van der Waals surface area (Å²) in [5, 5.41) is 9.06. The number of hydrogen-bond donors (Lipinski definition) is 1. The van der Waals surface area contributed by atoms with Gasteiger partial charge in [0.15, 0.2) is 11.6 Å². The number of phenolic OH excluding ortho intramolecular Hbond substituents is 1. The highest BCUT2D eigenvalue weighted by molar-refractivity contribution is 5.44. The minimum absolute atomic E-state index is 0.0868. The summed E-state index contributed by atoms with van der Waals surface area (Å²) in [5.41, 5.74) is -1.64. The number of aryl methyl sites for hydroxylation is 1. The van der Waals surface area contributed by atoms with E-state index in [1.165, 1.54) is 6.92 Å². The summed E-state index contributed by atoms with van der Waals surface area (Å²) in [5.74, 6) is -1.95. The van der Waals surface area contributed by atoms with Crippen molar-refractivity contribution >= 4 is 0 Å². The average Bonchev–Trinajstić information content (AvgIpc) is 2.11. The van der Waals surface area contributed by atoms with Crippen molar-refractivity contribution in [2.45, 2.75) is 26.4 Å². The first kappa shape index (κ1) is 11.8. The molecule has 1 nitrogen and oxygen atoms in total. The molecule has 0 saturated carbocycles. The van der Waals surface area contributed by atoms with Gasteiger partial charge in [-0.2, -0.15) is 13.2 Å². The highest BCUT2D eigenvalue weighted by Gasteiger charge is 2.36. The molecule has 0 aromatic heterocycles. The van der Waals surface area contributed by atoms with Crippen molar-refractivity contribution in [3.63, 3.8) is 0 Å². The molecular formula is C10H10F4O. The lowest BCUT2D eigenvalue weighted by Crippen LogP contribution is -2.12. The average molecular weight is 222 g/mol. The number of aromatic hydroxyl groups is 1. The van der Waals surface area contributed by atoms with Crippen LogP contribution in [0.15, 0.2) is 6.07 Å². The first-order valence-corrected chi connectivity index (χ1v) is 4.37. The van der Waals surface area contributed by atoms with E-state index in [9.17, 15) is 17.6 Å². The van der Waals surface area contributed by atoms with E-state index in [0.717, 1.165) is 13.0 Å². The predicted molar refractivity (Wildman–Crippen MR) is 47.2 cm³/mol.